The van der Waals surface area contributed by atoms with Gasteiger partial charge in [0.1, 0.15) is 0 Å². The Balaban J connectivity index is 2.73. The highest BCUT2D eigenvalue weighted by atomic mass is 14.0. The molecular formula is C12H25-. The fourth-order valence-corrected chi connectivity index (χ4v) is 1.39. The average molecular weight is 169 g/mol. The first kappa shape index (κ1) is 12.0. The summed E-state index contributed by atoms with van der Waals surface area (Å²) < 4.78 is 0. The predicted molar refractivity (Wildman–Crippen MR) is 57.2 cm³/mol. The van der Waals surface area contributed by atoms with Crippen LogP contribution in [0, 0.1) is 6.42 Å². The van der Waals surface area contributed by atoms with Crippen LogP contribution in [0.4, 0.5) is 0 Å². The van der Waals surface area contributed by atoms with E-state index in [0.717, 1.165) is 0 Å². The third-order valence-electron chi connectivity index (χ3n) is 2.27. The van der Waals surface area contributed by atoms with E-state index in [9.17, 15) is 0 Å². The molecule has 0 amide bonds. The van der Waals surface area contributed by atoms with Gasteiger partial charge in [0.25, 0.3) is 0 Å². The van der Waals surface area contributed by atoms with Crippen molar-refractivity contribution in [2.24, 2.45) is 0 Å². The molecule has 0 aromatic carbocycles. The lowest BCUT2D eigenvalue weighted by Gasteiger charge is -2.09. The second kappa shape index (κ2) is 11.0. The van der Waals surface area contributed by atoms with Crippen molar-refractivity contribution in [3.05, 3.63) is 6.42 Å². The molecule has 0 aliphatic heterocycles. The SMILES string of the molecule is CCCC[CH-]CCCCCCC. The van der Waals surface area contributed by atoms with Crippen LogP contribution in [0.15, 0.2) is 0 Å². The molecule has 0 aromatic heterocycles. The van der Waals surface area contributed by atoms with Gasteiger partial charge in [0, 0.05) is 0 Å². The van der Waals surface area contributed by atoms with E-state index in [0.29, 0.717) is 0 Å². The van der Waals surface area contributed by atoms with Crippen LogP contribution in [0.2, 0.25) is 0 Å². The second-order valence-electron chi connectivity index (χ2n) is 3.63. The molecule has 0 aliphatic rings. The zero-order valence-corrected chi connectivity index (χ0v) is 8.94. The normalized spacial score (nSPS) is 10.5. The molecule has 0 saturated heterocycles. The summed E-state index contributed by atoms with van der Waals surface area (Å²) in [6, 6.07) is 0. The first-order chi connectivity index (χ1) is 5.91. The quantitative estimate of drug-likeness (QED) is 0.345. The largest absolute Gasteiger partial charge is 0.328 e. The first-order valence-corrected chi connectivity index (χ1v) is 5.73. The highest BCUT2D eigenvalue weighted by Crippen LogP contribution is 2.09. The number of rotatable bonds is 9. The molecule has 0 aromatic rings. The van der Waals surface area contributed by atoms with Gasteiger partial charge in [0.2, 0.25) is 0 Å². The van der Waals surface area contributed by atoms with Gasteiger partial charge < -0.3 is 6.42 Å². The van der Waals surface area contributed by atoms with Gasteiger partial charge in [-0.3, -0.25) is 0 Å². The molecule has 0 aliphatic carbocycles. The zero-order chi connectivity index (χ0) is 9.07. The van der Waals surface area contributed by atoms with Gasteiger partial charge >= 0.3 is 0 Å². The Bertz CT molecular complexity index is 56.4. The van der Waals surface area contributed by atoms with E-state index in [1.807, 2.05) is 0 Å². The summed E-state index contributed by atoms with van der Waals surface area (Å²) in [5.74, 6) is 0. The highest BCUT2D eigenvalue weighted by molar-refractivity contribution is 4.63. The summed E-state index contributed by atoms with van der Waals surface area (Å²) in [4.78, 5) is 0. The summed E-state index contributed by atoms with van der Waals surface area (Å²) in [5.41, 5.74) is 0. The van der Waals surface area contributed by atoms with Crippen LogP contribution < -0.4 is 0 Å². The van der Waals surface area contributed by atoms with E-state index >= 15 is 0 Å². The molecule has 74 valence electrons. The predicted octanol–water partition coefficient (Wildman–Crippen LogP) is 4.74. The third-order valence-corrected chi connectivity index (χ3v) is 2.27. The summed E-state index contributed by atoms with van der Waals surface area (Å²) in [7, 11) is 0. The molecule has 0 bridgehead atoms. The molecule has 0 heterocycles. The van der Waals surface area contributed by atoms with E-state index in [-0.39, 0.29) is 0 Å². The van der Waals surface area contributed by atoms with E-state index in [2.05, 4.69) is 20.3 Å². The van der Waals surface area contributed by atoms with Gasteiger partial charge in [-0.15, -0.1) is 0 Å². The van der Waals surface area contributed by atoms with Crippen molar-refractivity contribution in [2.45, 2.75) is 71.6 Å². The Kier molecular flexibility index (Phi) is 11.0. The molecule has 0 saturated carbocycles. The third kappa shape index (κ3) is 10.0. The molecule has 0 heteroatoms. The van der Waals surface area contributed by atoms with Gasteiger partial charge in [-0.2, -0.15) is 12.8 Å². The summed E-state index contributed by atoms with van der Waals surface area (Å²) in [6.07, 6.45) is 15.0. The maximum absolute atomic E-state index is 2.47. The monoisotopic (exact) mass is 169 g/mol. The van der Waals surface area contributed by atoms with Crippen molar-refractivity contribution >= 4 is 0 Å². The maximum atomic E-state index is 2.47. The van der Waals surface area contributed by atoms with Crippen LogP contribution in [0.1, 0.15) is 71.6 Å². The lowest BCUT2D eigenvalue weighted by atomic mass is 10.1. The van der Waals surface area contributed by atoms with Crippen molar-refractivity contribution in [3.63, 3.8) is 0 Å². The van der Waals surface area contributed by atoms with E-state index in [1.54, 1.807) is 0 Å². The Morgan fingerprint density at radius 2 is 1.25 bits per heavy atom. The number of unbranched alkanes of at least 4 members (excludes halogenated alkanes) is 9. The van der Waals surface area contributed by atoms with Crippen LogP contribution >= 0.6 is 0 Å². The lowest BCUT2D eigenvalue weighted by molar-refractivity contribution is 0.617. The lowest BCUT2D eigenvalue weighted by Crippen LogP contribution is -1.81. The minimum atomic E-state index is 1.34. The highest BCUT2D eigenvalue weighted by Gasteiger charge is 1.84. The van der Waals surface area contributed by atoms with Gasteiger partial charge in [-0.25, -0.2) is 0 Å². The van der Waals surface area contributed by atoms with E-state index < -0.39 is 0 Å². The van der Waals surface area contributed by atoms with Crippen LogP contribution in [-0.4, -0.2) is 0 Å². The van der Waals surface area contributed by atoms with Crippen LogP contribution in [0.3, 0.4) is 0 Å². The Labute approximate surface area is 78.8 Å². The van der Waals surface area contributed by atoms with E-state index in [1.165, 1.54) is 57.8 Å². The Morgan fingerprint density at radius 1 is 0.667 bits per heavy atom. The molecule has 0 spiro atoms. The smallest absolute Gasteiger partial charge is 0.0534 e. The van der Waals surface area contributed by atoms with Gasteiger partial charge in [-0.1, -0.05) is 58.8 Å². The topological polar surface area (TPSA) is 0 Å². The minimum absolute atomic E-state index is 1.34. The summed E-state index contributed by atoms with van der Waals surface area (Å²) in [5, 5.41) is 0. The molecule has 0 N–H and O–H groups in total. The van der Waals surface area contributed by atoms with Crippen molar-refractivity contribution in [1.29, 1.82) is 0 Å². The van der Waals surface area contributed by atoms with E-state index in [4.69, 9.17) is 0 Å². The molecule has 0 unspecified atom stereocenters. The Hall–Kier alpha value is 0. The molecule has 0 atom stereocenters. The first-order valence-electron chi connectivity index (χ1n) is 5.73. The van der Waals surface area contributed by atoms with Crippen LogP contribution in [0.5, 0.6) is 0 Å². The molecule has 0 fully saturated rings. The fourth-order valence-electron chi connectivity index (χ4n) is 1.39. The average Bonchev–Trinajstić information content (AvgIpc) is 2.10. The van der Waals surface area contributed by atoms with Gasteiger partial charge in [0.15, 0.2) is 0 Å². The second-order valence-corrected chi connectivity index (χ2v) is 3.63. The molecule has 0 nitrogen and oxygen atoms in total. The van der Waals surface area contributed by atoms with Crippen LogP contribution in [0.25, 0.3) is 0 Å². The number of hydrogen-bond acceptors (Lipinski definition) is 0. The minimum Gasteiger partial charge on any atom is -0.328 e. The van der Waals surface area contributed by atoms with Crippen molar-refractivity contribution < 1.29 is 0 Å². The summed E-state index contributed by atoms with van der Waals surface area (Å²) in [6.45, 7) is 4.53. The Morgan fingerprint density at radius 3 is 1.92 bits per heavy atom. The van der Waals surface area contributed by atoms with Crippen LogP contribution in [-0.2, 0) is 0 Å². The molecule has 12 heavy (non-hydrogen) atoms. The zero-order valence-electron chi connectivity index (χ0n) is 8.94. The summed E-state index contributed by atoms with van der Waals surface area (Å²) >= 11 is 0. The van der Waals surface area contributed by atoms with Crippen molar-refractivity contribution in [2.75, 3.05) is 0 Å². The maximum Gasteiger partial charge on any atom is -0.0534 e. The van der Waals surface area contributed by atoms with Gasteiger partial charge in [0.05, 0.1) is 0 Å². The number of hydrogen-bond donors (Lipinski definition) is 0. The standard InChI is InChI=1S/C12H25/c1-3-5-7-9-11-12-10-8-6-4-2/h9H,3-8,10-12H2,1-2H3/q-1. The molecule has 0 rings (SSSR count). The fraction of sp³-hybridized carbons (Fsp3) is 0.917. The van der Waals surface area contributed by atoms with Crippen molar-refractivity contribution in [3.8, 4) is 0 Å². The molecular weight excluding hydrogens is 144 g/mol. The molecule has 0 radical (unpaired) electrons. The van der Waals surface area contributed by atoms with Crippen molar-refractivity contribution in [1.82, 2.24) is 0 Å². The van der Waals surface area contributed by atoms with Gasteiger partial charge in [-0.05, 0) is 0 Å².